The van der Waals surface area contributed by atoms with Crippen LogP contribution in [0.1, 0.15) is 26.2 Å². The Morgan fingerprint density at radius 1 is 1.73 bits per heavy atom. The van der Waals surface area contributed by atoms with Gasteiger partial charge in [0.1, 0.15) is 5.84 Å². The third-order valence-electron chi connectivity index (χ3n) is 2.90. The van der Waals surface area contributed by atoms with Gasteiger partial charge in [0.2, 0.25) is 0 Å². The van der Waals surface area contributed by atoms with Crippen molar-refractivity contribution in [3.05, 3.63) is 0 Å². The number of rotatable bonds is 5. The molecule has 2 atom stereocenters. The minimum Gasteiger partial charge on any atom is -0.409 e. The lowest BCUT2D eigenvalue weighted by Crippen LogP contribution is -2.38. The van der Waals surface area contributed by atoms with Crippen LogP contribution in [0.2, 0.25) is 0 Å². The summed E-state index contributed by atoms with van der Waals surface area (Å²) in [5.41, 5.74) is 5.46. The molecule has 1 rings (SSSR count). The number of nitrogens with zero attached hydrogens (tertiary/aromatic N) is 2. The van der Waals surface area contributed by atoms with Crippen LogP contribution in [0.25, 0.3) is 0 Å². The molecule has 1 heterocycles. The van der Waals surface area contributed by atoms with E-state index in [1.54, 1.807) is 0 Å². The van der Waals surface area contributed by atoms with Crippen LogP contribution in [-0.4, -0.2) is 48.3 Å². The van der Waals surface area contributed by atoms with Gasteiger partial charge in [-0.05, 0) is 26.8 Å². The zero-order valence-corrected chi connectivity index (χ0v) is 9.52. The minimum absolute atomic E-state index is 0.269. The average molecular weight is 215 g/mol. The summed E-state index contributed by atoms with van der Waals surface area (Å²) in [4.78, 5) is 2.19. The van der Waals surface area contributed by atoms with Gasteiger partial charge < -0.3 is 20.6 Å². The normalized spacial score (nSPS) is 24.7. The van der Waals surface area contributed by atoms with Gasteiger partial charge in [0.25, 0.3) is 0 Å². The van der Waals surface area contributed by atoms with Crippen LogP contribution in [-0.2, 0) is 4.74 Å². The van der Waals surface area contributed by atoms with Crippen molar-refractivity contribution in [2.75, 3.05) is 20.2 Å². The monoisotopic (exact) mass is 215 g/mol. The molecule has 1 aliphatic rings. The topological polar surface area (TPSA) is 71.1 Å². The Labute approximate surface area is 90.9 Å². The zero-order valence-electron chi connectivity index (χ0n) is 9.52. The zero-order chi connectivity index (χ0) is 11.3. The molecule has 1 fully saturated rings. The van der Waals surface area contributed by atoms with Crippen molar-refractivity contribution in [3.63, 3.8) is 0 Å². The van der Waals surface area contributed by atoms with E-state index in [9.17, 15) is 0 Å². The first-order valence-electron chi connectivity index (χ1n) is 5.41. The van der Waals surface area contributed by atoms with Gasteiger partial charge in [0.15, 0.2) is 0 Å². The maximum absolute atomic E-state index is 8.47. The van der Waals surface area contributed by atoms with Crippen LogP contribution in [0.3, 0.4) is 0 Å². The maximum Gasteiger partial charge on any atom is 0.140 e. The molecule has 1 saturated heterocycles. The quantitative estimate of drug-likeness (QED) is 0.305. The van der Waals surface area contributed by atoms with Crippen LogP contribution in [0, 0.1) is 0 Å². The summed E-state index contributed by atoms with van der Waals surface area (Å²) in [5, 5.41) is 11.4. The first kappa shape index (κ1) is 12.3. The fourth-order valence-corrected chi connectivity index (χ4v) is 1.79. The molecule has 88 valence electrons. The predicted molar refractivity (Wildman–Crippen MR) is 59.1 cm³/mol. The van der Waals surface area contributed by atoms with Crippen molar-refractivity contribution in [1.29, 1.82) is 0 Å². The highest BCUT2D eigenvalue weighted by Gasteiger charge is 2.20. The molecule has 0 aliphatic carbocycles. The minimum atomic E-state index is 0.269. The summed E-state index contributed by atoms with van der Waals surface area (Å²) in [6, 6.07) is 0.269. The van der Waals surface area contributed by atoms with Gasteiger partial charge in [-0.1, -0.05) is 5.16 Å². The van der Waals surface area contributed by atoms with E-state index in [2.05, 4.69) is 17.0 Å². The van der Waals surface area contributed by atoms with E-state index in [-0.39, 0.29) is 11.9 Å². The average Bonchev–Trinajstić information content (AvgIpc) is 2.70. The van der Waals surface area contributed by atoms with E-state index in [1.807, 2.05) is 7.05 Å². The largest absolute Gasteiger partial charge is 0.409 e. The molecule has 5 heteroatoms. The van der Waals surface area contributed by atoms with Gasteiger partial charge in [0, 0.05) is 25.6 Å². The second-order valence-electron chi connectivity index (χ2n) is 4.22. The smallest absolute Gasteiger partial charge is 0.140 e. The molecule has 1 aliphatic heterocycles. The van der Waals surface area contributed by atoms with Gasteiger partial charge in [-0.3, -0.25) is 0 Å². The summed E-state index contributed by atoms with van der Waals surface area (Å²) in [6.45, 7) is 3.86. The number of amidine groups is 1. The number of nitrogens with two attached hydrogens (primary N) is 1. The van der Waals surface area contributed by atoms with Crippen molar-refractivity contribution >= 4 is 5.84 Å². The SMILES string of the molecule is CC(CC(N)=NO)N(C)CC1CCCO1. The number of likely N-dealkylation sites (N-methyl/N-ethyl adjacent to an activating group) is 1. The summed E-state index contributed by atoms with van der Waals surface area (Å²) in [6.07, 6.45) is 3.23. The molecule has 0 amide bonds. The van der Waals surface area contributed by atoms with Crippen LogP contribution in [0.15, 0.2) is 5.16 Å². The highest BCUT2D eigenvalue weighted by Crippen LogP contribution is 2.14. The fraction of sp³-hybridized carbons (Fsp3) is 0.900. The number of hydrogen-bond acceptors (Lipinski definition) is 4. The molecule has 0 aromatic heterocycles. The van der Waals surface area contributed by atoms with Crippen LogP contribution < -0.4 is 5.73 Å². The standard InChI is InChI=1S/C10H21N3O2/c1-8(6-10(11)12-14)13(2)7-9-4-3-5-15-9/h8-9,14H,3-7H2,1-2H3,(H2,11,12). The van der Waals surface area contributed by atoms with E-state index in [0.717, 1.165) is 26.0 Å². The van der Waals surface area contributed by atoms with Crippen LogP contribution >= 0.6 is 0 Å². The van der Waals surface area contributed by atoms with Gasteiger partial charge in [-0.25, -0.2) is 0 Å². The molecule has 3 N–H and O–H groups in total. The van der Waals surface area contributed by atoms with Gasteiger partial charge in [-0.15, -0.1) is 0 Å². The Morgan fingerprint density at radius 2 is 2.47 bits per heavy atom. The van der Waals surface area contributed by atoms with Crippen molar-refractivity contribution in [3.8, 4) is 0 Å². The second kappa shape index (κ2) is 5.92. The molecular weight excluding hydrogens is 194 g/mol. The maximum atomic E-state index is 8.47. The van der Waals surface area contributed by atoms with Crippen molar-refractivity contribution in [1.82, 2.24) is 4.90 Å². The number of ether oxygens (including phenoxy) is 1. The van der Waals surface area contributed by atoms with E-state index in [0.29, 0.717) is 12.5 Å². The van der Waals surface area contributed by atoms with Crippen molar-refractivity contribution in [2.24, 2.45) is 10.9 Å². The lowest BCUT2D eigenvalue weighted by molar-refractivity contribution is 0.0712. The molecule has 5 nitrogen and oxygen atoms in total. The molecule has 0 radical (unpaired) electrons. The Morgan fingerprint density at radius 3 is 3.00 bits per heavy atom. The molecule has 0 saturated carbocycles. The molecule has 2 unspecified atom stereocenters. The Kier molecular flexibility index (Phi) is 4.84. The number of oxime groups is 1. The lowest BCUT2D eigenvalue weighted by Gasteiger charge is -2.26. The van der Waals surface area contributed by atoms with Crippen LogP contribution in [0.4, 0.5) is 0 Å². The van der Waals surface area contributed by atoms with Gasteiger partial charge in [-0.2, -0.15) is 0 Å². The van der Waals surface area contributed by atoms with E-state index in [1.165, 1.54) is 0 Å². The van der Waals surface area contributed by atoms with Gasteiger partial charge in [0.05, 0.1) is 6.10 Å². The third-order valence-corrected chi connectivity index (χ3v) is 2.90. The van der Waals surface area contributed by atoms with E-state index < -0.39 is 0 Å². The molecule has 0 aromatic rings. The van der Waals surface area contributed by atoms with Crippen LogP contribution in [0.5, 0.6) is 0 Å². The lowest BCUT2D eigenvalue weighted by atomic mass is 10.1. The molecule has 0 bridgehead atoms. The van der Waals surface area contributed by atoms with E-state index >= 15 is 0 Å². The summed E-state index contributed by atoms with van der Waals surface area (Å²) in [5.74, 6) is 0.279. The second-order valence-corrected chi connectivity index (χ2v) is 4.22. The fourth-order valence-electron chi connectivity index (χ4n) is 1.79. The summed E-state index contributed by atoms with van der Waals surface area (Å²) >= 11 is 0. The highest BCUT2D eigenvalue weighted by atomic mass is 16.5. The molecule has 15 heavy (non-hydrogen) atoms. The molecular formula is C10H21N3O2. The Hall–Kier alpha value is -0.810. The van der Waals surface area contributed by atoms with Gasteiger partial charge >= 0.3 is 0 Å². The Balaban J connectivity index is 2.28. The molecule has 0 aromatic carbocycles. The van der Waals surface area contributed by atoms with E-state index in [4.69, 9.17) is 15.7 Å². The number of hydrogen-bond donors (Lipinski definition) is 2. The van der Waals surface area contributed by atoms with Crippen molar-refractivity contribution < 1.29 is 9.94 Å². The molecule has 0 spiro atoms. The third kappa shape index (κ3) is 4.05. The highest BCUT2D eigenvalue weighted by molar-refractivity contribution is 5.80. The first-order valence-corrected chi connectivity index (χ1v) is 5.41. The Bertz CT molecular complexity index is 215. The summed E-state index contributed by atoms with van der Waals surface area (Å²) < 4.78 is 5.55. The van der Waals surface area contributed by atoms with Crippen molar-refractivity contribution in [2.45, 2.75) is 38.3 Å². The predicted octanol–water partition coefficient (Wildman–Crippen LogP) is 0.622. The first-order chi connectivity index (χ1) is 7.13. The summed E-state index contributed by atoms with van der Waals surface area (Å²) in [7, 11) is 2.04.